The first-order valence-corrected chi connectivity index (χ1v) is 9.27. The number of halogens is 4. The number of aryl methyl sites for hydroxylation is 1. The predicted molar refractivity (Wildman–Crippen MR) is 112 cm³/mol. The summed E-state index contributed by atoms with van der Waals surface area (Å²) in [5.74, 6) is -0.674. The van der Waals surface area contributed by atoms with Gasteiger partial charge < -0.3 is 16.4 Å². The number of hydrogen-bond acceptors (Lipinski definition) is 4. The molecule has 4 aromatic rings. The molecule has 0 radical (unpaired) electrons. The van der Waals surface area contributed by atoms with Gasteiger partial charge in [0.15, 0.2) is 5.82 Å². The third-order valence-electron chi connectivity index (χ3n) is 4.76. The third kappa shape index (κ3) is 4.04. The molecule has 0 aliphatic rings. The van der Waals surface area contributed by atoms with Crippen LogP contribution in [0.3, 0.4) is 0 Å². The minimum Gasteiger partial charge on any atom is -0.382 e. The molecule has 0 fully saturated rings. The van der Waals surface area contributed by atoms with Crippen molar-refractivity contribution < 1.29 is 22.4 Å². The van der Waals surface area contributed by atoms with Gasteiger partial charge in [-0.05, 0) is 48.9 Å². The molecule has 7 nitrogen and oxygen atoms in total. The minimum atomic E-state index is -4.66. The van der Waals surface area contributed by atoms with Crippen LogP contribution < -0.4 is 16.4 Å². The smallest absolute Gasteiger partial charge is 0.382 e. The molecule has 2 amide bonds. The SMILES string of the molecule is Cc1cc(-c2ccc(NC(=O)Nc3cc(C(F)(F)F)ccc3F)cc2)c2c(N)ncnn12. The van der Waals surface area contributed by atoms with E-state index < -0.39 is 29.3 Å². The number of amides is 2. The molecule has 2 heterocycles. The number of alkyl halides is 3. The lowest BCUT2D eigenvalue weighted by Crippen LogP contribution is -2.20. The number of fused-ring (bicyclic) bond motifs is 1. The fourth-order valence-corrected chi connectivity index (χ4v) is 3.26. The number of nitrogens with two attached hydrogens (primary N) is 1. The van der Waals surface area contributed by atoms with Gasteiger partial charge >= 0.3 is 12.2 Å². The number of carbonyl (C=O) groups excluding carboxylic acids is 1. The second-order valence-electron chi connectivity index (χ2n) is 6.95. The van der Waals surface area contributed by atoms with E-state index in [1.54, 1.807) is 28.8 Å². The van der Waals surface area contributed by atoms with Crippen molar-refractivity contribution in [3.63, 3.8) is 0 Å². The Morgan fingerprint density at radius 1 is 1.06 bits per heavy atom. The van der Waals surface area contributed by atoms with Gasteiger partial charge in [-0.15, -0.1) is 0 Å². The van der Waals surface area contributed by atoms with Gasteiger partial charge in [0.05, 0.1) is 11.3 Å². The second kappa shape index (κ2) is 7.84. The molecule has 0 spiro atoms. The van der Waals surface area contributed by atoms with E-state index in [-0.39, 0.29) is 0 Å². The van der Waals surface area contributed by atoms with E-state index in [0.29, 0.717) is 35.2 Å². The van der Waals surface area contributed by atoms with Gasteiger partial charge in [0.2, 0.25) is 0 Å². The molecule has 0 bridgehead atoms. The maximum absolute atomic E-state index is 13.8. The molecule has 4 N–H and O–H groups in total. The number of nitrogen functional groups attached to an aromatic ring is 1. The molecule has 2 aromatic carbocycles. The average molecular weight is 444 g/mol. The summed E-state index contributed by atoms with van der Waals surface area (Å²) in [7, 11) is 0. The van der Waals surface area contributed by atoms with Crippen LogP contribution in [-0.2, 0) is 6.18 Å². The topological polar surface area (TPSA) is 97.3 Å². The van der Waals surface area contributed by atoms with Gasteiger partial charge in [-0.1, -0.05) is 12.1 Å². The van der Waals surface area contributed by atoms with Crippen molar-refractivity contribution >= 4 is 28.7 Å². The Kier molecular flexibility index (Phi) is 5.17. The van der Waals surface area contributed by atoms with E-state index in [0.717, 1.165) is 16.8 Å². The number of nitrogens with zero attached hydrogens (tertiary/aromatic N) is 3. The highest BCUT2D eigenvalue weighted by molar-refractivity contribution is 6.00. The van der Waals surface area contributed by atoms with E-state index in [1.165, 1.54) is 6.33 Å². The van der Waals surface area contributed by atoms with Crippen LogP contribution in [0.15, 0.2) is 54.9 Å². The summed E-state index contributed by atoms with van der Waals surface area (Å²) >= 11 is 0. The van der Waals surface area contributed by atoms with Crippen LogP contribution in [0.4, 0.5) is 39.5 Å². The van der Waals surface area contributed by atoms with Crippen molar-refractivity contribution in [2.24, 2.45) is 0 Å². The van der Waals surface area contributed by atoms with E-state index in [1.807, 2.05) is 13.0 Å². The third-order valence-corrected chi connectivity index (χ3v) is 4.76. The standard InChI is InChI=1S/C21H16F4N6O/c1-11-8-15(18-19(26)27-10-28-31(11)18)12-2-5-14(6-3-12)29-20(32)30-17-9-13(21(23,24)25)4-7-16(17)22/h2-10H,1H3,(H2,26,27,28)(H2,29,30,32). The Balaban J connectivity index is 1.52. The van der Waals surface area contributed by atoms with Crippen LogP contribution in [0, 0.1) is 12.7 Å². The number of hydrogen-bond donors (Lipinski definition) is 3. The Morgan fingerprint density at radius 2 is 1.78 bits per heavy atom. The van der Waals surface area contributed by atoms with Crippen molar-refractivity contribution in [1.29, 1.82) is 0 Å². The minimum absolute atomic E-state index is 0.313. The number of urea groups is 1. The van der Waals surface area contributed by atoms with Gasteiger partial charge in [0.1, 0.15) is 17.7 Å². The molecule has 0 aliphatic carbocycles. The summed E-state index contributed by atoms with van der Waals surface area (Å²) in [4.78, 5) is 16.2. The first kappa shape index (κ1) is 21.1. The van der Waals surface area contributed by atoms with E-state index in [2.05, 4.69) is 20.7 Å². The summed E-state index contributed by atoms with van der Waals surface area (Å²) < 4.78 is 53.9. The number of aromatic nitrogens is 3. The van der Waals surface area contributed by atoms with Gasteiger partial charge in [-0.3, -0.25) is 0 Å². The fraction of sp³-hybridized carbons (Fsp3) is 0.0952. The summed E-state index contributed by atoms with van der Waals surface area (Å²) in [6.07, 6.45) is -3.30. The second-order valence-corrected chi connectivity index (χ2v) is 6.95. The first-order chi connectivity index (χ1) is 15.1. The molecule has 164 valence electrons. The van der Waals surface area contributed by atoms with E-state index in [4.69, 9.17) is 5.73 Å². The Hall–Kier alpha value is -4.15. The van der Waals surface area contributed by atoms with E-state index >= 15 is 0 Å². The molecule has 4 rings (SSSR count). The zero-order chi connectivity index (χ0) is 23.0. The van der Waals surface area contributed by atoms with Crippen LogP contribution in [0.5, 0.6) is 0 Å². The highest BCUT2D eigenvalue weighted by Gasteiger charge is 2.31. The van der Waals surface area contributed by atoms with E-state index in [9.17, 15) is 22.4 Å². The summed E-state index contributed by atoms with van der Waals surface area (Å²) in [5.41, 5.74) is 7.76. The van der Waals surface area contributed by atoms with Crippen molar-refractivity contribution in [3.05, 3.63) is 71.9 Å². The largest absolute Gasteiger partial charge is 0.416 e. The maximum Gasteiger partial charge on any atom is 0.416 e. The van der Waals surface area contributed by atoms with Crippen LogP contribution in [0.1, 0.15) is 11.3 Å². The maximum atomic E-state index is 13.8. The van der Waals surface area contributed by atoms with Crippen molar-refractivity contribution in [1.82, 2.24) is 14.6 Å². The average Bonchev–Trinajstić information content (AvgIpc) is 3.07. The molecule has 32 heavy (non-hydrogen) atoms. The first-order valence-electron chi connectivity index (χ1n) is 9.27. The van der Waals surface area contributed by atoms with Gasteiger partial charge in [0.25, 0.3) is 0 Å². The van der Waals surface area contributed by atoms with Crippen molar-refractivity contribution in [2.75, 3.05) is 16.4 Å². The molecule has 0 saturated heterocycles. The van der Waals surface area contributed by atoms with Gasteiger partial charge in [-0.2, -0.15) is 18.3 Å². The Bertz CT molecular complexity index is 1310. The number of rotatable bonds is 3. The molecule has 0 saturated carbocycles. The molecule has 2 aromatic heterocycles. The molecular weight excluding hydrogens is 428 g/mol. The number of nitrogens with one attached hydrogen (secondary N) is 2. The van der Waals surface area contributed by atoms with Crippen LogP contribution in [0.25, 0.3) is 16.6 Å². The van der Waals surface area contributed by atoms with Crippen LogP contribution in [0.2, 0.25) is 0 Å². The van der Waals surface area contributed by atoms with Crippen molar-refractivity contribution in [3.8, 4) is 11.1 Å². The van der Waals surface area contributed by atoms with Gasteiger partial charge in [-0.25, -0.2) is 18.7 Å². The highest BCUT2D eigenvalue weighted by Crippen LogP contribution is 2.32. The van der Waals surface area contributed by atoms with Crippen molar-refractivity contribution in [2.45, 2.75) is 13.1 Å². The lowest BCUT2D eigenvalue weighted by atomic mass is 10.1. The molecule has 0 atom stereocenters. The number of benzene rings is 2. The molecule has 0 unspecified atom stereocenters. The summed E-state index contributed by atoms with van der Waals surface area (Å²) in [6.45, 7) is 1.87. The van der Waals surface area contributed by atoms with Crippen LogP contribution in [-0.4, -0.2) is 20.6 Å². The fourth-order valence-electron chi connectivity index (χ4n) is 3.26. The number of anilines is 3. The zero-order valence-corrected chi connectivity index (χ0v) is 16.5. The van der Waals surface area contributed by atoms with Gasteiger partial charge in [0, 0.05) is 16.9 Å². The lowest BCUT2D eigenvalue weighted by molar-refractivity contribution is -0.137. The predicted octanol–water partition coefficient (Wildman–Crippen LogP) is 5.09. The zero-order valence-electron chi connectivity index (χ0n) is 16.5. The summed E-state index contributed by atoms with van der Waals surface area (Å²) in [5, 5.41) is 8.72. The normalized spacial score (nSPS) is 11.5. The molecule has 0 aliphatic heterocycles. The summed E-state index contributed by atoms with van der Waals surface area (Å²) in [6, 6.07) is 9.42. The molecular formula is C21H16F4N6O. The number of carbonyl (C=O) groups is 1. The quantitative estimate of drug-likeness (QED) is 0.384. The molecule has 11 heteroatoms. The van der Waals surface area contributed by atoms with Crippen LogP contribution >= 0.6 is 0 Å². The Morgan fingerprint density at radius 3 is 2.47 bits per heavy atom. The lowest BCUT2D eigenvalue weighted by Gasteiger charge is -2.12. The monoisotopic (exact) mass is 444 g/mol. The Labute approximate surface area is 178 Å². The highest BCUT2D eigenvalue weighted by atomic mass is 19.4.